The van der Waals surface area contributed by atoms with Crippen LogP contribution in [0.15, 0.2) is 24.3 Å². The van der Waals surface area contributed by atoms with Crippen LogP contribution in [0.2, 0.25) is 0 Å². The van der Waals surface area contributed by atoms with E-state index in [0.717, 1.165) is 5.56 Å². The zero-order valence-corrected chi connectivity index (χ0v) is 11.9. The molecule has 1 aromatic carbocycles. The number of aliphatic hydroxyl groups excluding tert-OH is 1. The highest BCUT2D eigenvalue weighted by Crippen LogP contribution is 2.27. The second-order valence-corrected chi connectivity index (χ2v) is 5.34. The second-order valence-electron chi connectivity index (χ2n) is 5.34. The molecule has 0 radical (unpaired) electrons. The van der Waals surface area contributed by atoms with Crippen molar-refractivity contribution in [3.8, 4) is 11.8 Å². The van der Waals surface area contributed by atoms with Crippen LogP contribution in [0.1, 0.15) is 48.5 Å². The number of nitrogens with one attached hydrogen (secondary N) is 1. The SMILES string of the molecule is CC(NC(=O)c1ccc(C#CCO)cc1)C1CCCC1. The van der Waals surface area contributed by atoms with Crippen molar-refractivity contribution in [2.45, 2.75) is 38.6 Å². The van der Waals surface area contributed by atoms with Crippen LogP contribution in [0.5, 0.6) is 0 Å². The van der Waals surface area contributed by atoms with Gasteiger partial charge in [-0.25, -0.2) is 0 Å². The maximum absolute atomic E-state index is 12.2. The number of carbonyl (C=O) groups is 1. The van der Waals surface area contributed by atoms with E-state index in [1.807, 2.05) is 0 Å². The number of hydrogen-bond donors (Lipinski definition) is 2. The van der Waals surface area contributed by atoms with Gasteiger partial charge in [-0.15, -0.1) is 0 Å². The van der Waals surface area contributed by atoms with Gasteiger partial charge >= 0.3 is 0 Å². The van der Waals surface area contributed by atoms with Crippen molar-refractivity contribution < 1.29 is 9.90 Å². The zero-order valence-electron chi connectivity index (χ0n) is 11.9. The maximum atomic E-state index is 12.2. The molecule has 1 unspecified atom stereocenters. The minimum absolute atomic E-state index is 0.0222. The van der Waals surface area contributed by atoms with Crippen molar-refractivity contribution in [1.82, 2.24) is 5.32 Å². The molecule has 0 spiro atoms. The predicted octanol–water partition coefficient (Wildman–Crippen LogP) is 2.34. The van der Waals surface area contributed by atoms with E-state index in [1.54, 1.807) is 24.3 Å². The van der Waals surface area contributed by atoms with E-state index < -0.39 is 0 Å². The van der Waals surface area contributed by atoms with Crippen molar-refractivity contribution in [2.24, 2.45) is 5.92 Å². The minimum atomic E-state index is -0.152. The third kappa shape index (κ3) is 3.85. The molecule has 1 saturated carbocycles. The number of carbonyl (C=O) groups excluding carboxylic acids is 1. The van der Waals surface area contributed by atoms with E-state index in [0.29, 0.717) is 11.5 Å². The Balaban J connectivity index is 1.94. The summed E-state index contributed by atoms with van der Waals surface area (Å²) in [6.45, 7) is 1.94. The Bertz CT molecular complexity index is 504. The molecule has 2 rings (SSSR count). The number of benzene rings is 1. The highest BCUT2D eigenvalue weighted by atomic mass is 16.2. The highest BCUT2D eigenvalue weighted by Gasteiger charge is 2.22. The average molecular weight is 271 g/mol. The van der Waals surface area contributed by atoms with Crippen LogP contribution in [0.25, 0.3) is 0 Å². The van der Waals surface area contributed by atoms with Crippen LogP contribution in [-0.4, -0.2) is 23.7 Å². The van der Waals surface area contributed by atoms with Crippen molar-refractivity contribution in [1.29, 1.82) is 0 Å². The Morgan fingerprint density at radius 1 is 1.35 bits per heavy atom. The van der Waals surface area contributed by atoms with Crippen LogP contribution in [0.3, 0.4) is 0 Å². The third-order valence-corrected chi connectivity index (χ3v) is 3.92. The quantitative estimate of drug-likeness (QED) is 0.829. The molecule has 2 N–H and O–H groups in total. The first kappa shape index (κ1) is 14.6. The summed E-state index contributed by atoms with van der Waals surface area (Å²) in [6, 6.07) is 7.39. The summed E-state index contributed by atoms with van der Waals surface area (Å²) in [5.74, 6) is 6.00. The van der Waals surface area contributed by atoms with Crippen molar-refractivity contribution >= 4 is 5.91 Å². The van der Waals surface area contributed by atoms with Gasteiger partial charge in [0, 0.05) is 17.2 Å². The van der Waals surface area contributed by atoms with Gasteiger partial charge in [0.1, 0.15) is 6.61 Å². The van der Waals surface area contributed by atoms with Gasteiger partial charge in [-0.2, -0.15) is 0 Å². The van der Waals surface area contributed by atoms with Crippen molar-refractivity contribution in [3.05, 3.63) is 35.4 Å². The smallest absolute Gasteiger partial charge is 0.251 e. The fourth-order valence-electron chi connectivity index (χ4n) is 2.71. The molecule has 1 fully saturated rings. The summed E-state index contributed by atoms with van der Waals surface area (Å²) in [5, 5.41) is 11.7. The molecule has 0 saturated heterocycles. The lowest BCUT2D eigenvalue weighted by Crippen LogP contribution is -2.37. The summed E-state index contributed by atoms with van der Waals surface area (Å²) in [7, 11) is 0. The van der Waals surface area contributed by atoms with Gasteiger partial charge < -0.3 is 10.4 Å². The number of hydrogen-bond acceptors (Lipinski definition) is 2. The Labute approximate surface area is 120 Å². The molecular weight excluding hydrogens is 250 g/mol. The van der Waals surface area contributed by atoms with E-state index in [-0.39, 0.29) is 18.6 Å². The molecular formula is C17H21NO2. The van der Waals surface area contributed by atoms with Gasteiger partial charge in [0.25, 0.3) is 5.91 Å². The monoisotopic (exact) mass is 271 g/mol. The first-order valence-corrected chi connectivity index (χ1v) is 7.21. The summed E-state index contributed by atoms with van der Waals surface area (Å²) >= 11 is 0. The number of amides is 1. The average Bonchev–Trinajstić information content (AvgIpc) is 3.00. The van der Waals surface area contributed by atoms with Gasteiger partial charge in [-0.05, 0) is 49.9 Å². The van der Waals surface area contributed by atoms with Gasteiger partial charge in [0.15, 0.2) is 0 Å². The first-order chi connectivity index (χ1) is 9.70. The molecule has 0 aromatic heterocycles. The fraction of sp³-hybridized carbons (Fsp3) is 0.471. The molecule has 1 atom stereocenters. The largest absolute Gasteiger partial charge is 0.384 e. The van der Waals surface area contributed by atoms with Crippen LogP contribution in [0.4, 0.5) is 0 Å². The molecule has 0 heterocycles. The topological polar surface area (TPSA) is 49.3 Å². The van der Waals surface area contributed by atoms with Crippen LogP contribution >= 0.6 is 0 Å². The van der Waals surface area contributed by atoms with Crippen LogP contribution < -0.4 is 5.32 Å². The van der Waals surface area contributed by atoms with Crippen molar-refractivity contribution in [3.63, 3.8) is 0 Å². The number of aliphatic hydroxyl groups is 1. The summed E-state index contributed by atoms with van der Waals surface area (Å²) in [4.78, 5) is 12.2. The maximum Gasteiger partial charge on any atom is 0.251 e. The van der Waals surface area contributed by atoms with E-state index in [2.05, 4.69) is 24.1 Å². The molecule has 3 nitrogen and oxygen atoms in total. The second kappa shape index (κ2) is 7.12. The van der Waals surface area contributed by atoms with Crippen LogP contribution in [0, 0.1) is 17.8 Å². The van der Waals surface area contributed by atoms with Gasteiger partial charge in [-0.3, -0.25) is 4.79 Å². The molecule has 0 aliphatic heterocycles. The Morgan fingerprint density at radius 3 is 2.60 bits per heavy atom. The summed E-state index contributed by atoms with van der Waals surface area (Å²) < 4.78 is 0. The highest BCUT2D eigenvalue weighted by molar-refractivity contribution is 5.94. The molecule has 106 valence electrons. The first-order valence-electron chi connectivity index (χ1n) is 7.21. The standard InChI is InChI=1S/C17H21NO2/c1-13(15-6-2-3-7-15)18-17(20)16-10-8-14(9-11-16)5-4-12-19/h8-11,13,15,19H,2-3,6-7,12H2,1H3,(H,18,20). The third-order valence-electron chi connectivity index (χ3n) is 3.92. The Kier molecular flexibility index (Phi) is 5.20. The van der Waals surface area contributed by atoms with Crippen molar-refractivity contribution in [2.75, 3.05) is 6.61 Å². The molecule has 20 heavy (non-hydrogen) atoms. The normalized spacial score (nSPS) is 16.3. The molecule has 0 bridgehead atoms. The predicted molar refractivity (Wildman–Crippen MR) is 79.3 cm³/mol. The van der Waals surface area contributed by atoms with E-state index in [9.17, 15) is 4.79 Å². The molecule has 1 aliphatic rings. The van der Waals surface area contributed by atoms with Gasteiger partial charge in [-0.1, -0.05) is 24.7 Å². The Hall–Kier alpha value is -1.79. The van der Waals surface area contributed by atoms with Gasteiger partial charge in [0.05, 0.1) is 0 Å². The molecule has 1 aromatic rings. The van der Waals surface area contributed by atoms with E-state index >= 15 is 0 Å². The fourth-order valence-corrected chi connectivity index (χ4v) is 2.71. The molecule has 1 amide bonds. The zero-order chi connectivity index (χ0) is 14.4. The Morgan fingerprint density at radius 2 is 2.00 bits per heavy atom. The summed E-state index contributed by atoms with van der Waals surface area (Å²) in [6.07, 6.45) is 5.00. The molecule has 1 aliphatic carbocycles. The molecule has 3 heteroatoms. The lowest BCUT2D eigenvalue weighted by molar-refractivity contribution is 0.0927. The summed E-state index contributed by atoms with van der Waals surface area (Å²) in [5.41, 5.74) is 1.46. The lowest BCUT2D eigenvalue weighted by Gasteiger charge is -2.20. The van der Waals surface area contributed by atoms with Crippen LogP contribution in [-0.2, 0) is 0 Å². The van der Waals surface area contributed by atoms with Gasteiger partial charge in [0.2, 0.25) is 0 Å². The van der Waals surface area contributed by atoms with E-state index in [4.69, 9.17) is 5.11 Å². The lowest BCUT2D eigenvalue weighted by atomic mass is 9.99. The minimum Gasteiger partial charge on any atom is -0.384 e. The number of rotatable bonds is 3. The van der Waals surface area contributed by atoms with E-state index in [1.165, 1.54) is 25.7 Å².